The molecule has 0 saturated heterocycles. The van der Waals surface area contributed by atoms with Gasteiger partial charge in [-0.2, -0.15) is 0 Å². The number of hydrogen-bond donors (Lipinski definition) is 1. The Kier molecular flexibility index (Phi) is 3.51. The molecule has 0 aliphatic carbocycles. The Bertz CT molecular complexity index is 674. The molecule has 1 N–H and O–H groups in total. The van der Waals surface area contributed by atoms with E-state index in [2.05, 4.69) is 10.2 Å². The van der Waals surface area contributed by atoms with Gasteiger partial charge in [-0.3, -0.25) is 10.1 Å². The molecule has 9 heteroatoms. The van der Waals surface area contributed by atoms with Crippen LogP contribution >= 0.6 is 0 Å². The molecular formula is C11H6FN3O5. The number of ether oxygens (including phenoxy) is 1. The van der Waals surface area contributed by atoms with Gasteiger partial charge < -0.3 is 9.84 Å². The molecule has 102 valence electrons. The first kappa shape index (κ1) is 13.3. The number of carboxylic acid groups (broad SMARTS) is 1. The van der Waals surface area contributed by atoms with E-state index < -0.39 is 22.4 Å². The van der Waals surface area contributed by atoms with Crippen LogP contribution in [0.15, 0.2) is 30.3 Å². The highest BCUT2D eigenvalue weighted by Gasteiger charge is 2.17. The topological polar surface area (TPSA) is 115 Å². The maximum Gasteiger partial charge on any atom is 0.356 e. The number of rotatable bonds is 4. The van der Waals surface area contributed by atoms with Gasteiger partial charge in [-0.15, -0.1) is 10.2 Å². The van der Waals surface area contributed by atoms with Gasteiger partial charge in [0, 0.05) is 6.07 Å². The van der Waals surface area contributed by atoms with Crippen LogP contribution in [0.2, 0.25) is 0 Å². The summed E-state index contributed by atoms with van der Waals surface area (Å²) in [6.45, 7) is 0. The highest BCUT2D eigenvalue weighted by atomic mass is 19.1. The fourth-order valence-electron chi connectivity index (χ4n) is 1.32. The summed E-state index contributed by atoms with van der Waals surface area (Å²) in [6.07, 6.45) is 0. The van der Waals surface area contributed by atoms with Crippen molar-refractivity contribution in [3.8, 4) is 11.6 Å². The molecule has 0 aliphatic rings. The third-order valence-corrected chi connectivity index (χ3v) is 2.19. The SMILES string of the molecule is O=C(O)c1ccc(Oc2ccc(F)cc2[N+](=O)[O-])nn1. The molecule has 20 heavy (non-hydrogen) atoms. The van der Waals surface area contributed by atoms with Gasteiger partial charge in [-0.25, -0.2) is 9.18 Å². The molecular weight excluding hydrogens is 273 g/mol. The van der Waals surface area contributed by atoms with Crippen LogP contribution in [0, 0.1) is 15.9 Å². The Balaban J connectivity index is 2.30. The first-order valence-electron chi connectivity index (χ1n) is 5.16. The number of benzene rings is 1. The normalized spacial score (nSPS) is 10.1. The summed E-state index contributed by atoms with van der Waals surface area (Å²) in [5, 5.41) is 26.2. The van der Waals surface area contributed by atoms with Gasteiger partial charge in [-0.1, -0.05) is 0 Å². The van der Waals surface area contributed by atoms with Crippen LogP contribution in [-0.4, -0.2) is 26.2 Å². The van der Waals surface area contributed by atoms with Crippen molar-refractivity contribution in [1.82, 2.24) is 10.2 Å². The standard InChI is InChI=1S/C11H6FN3O5/c12-6-1-3-9(8(5-6)15(18)19)20-10-4-2-7(11(16)17)13-14-10/h1-5H,(H,16,17). The van der Waals surface area contributed by atoms with Crippen molar-refractivity contribution in [2.75, 3.05) is 0 Å². The van der Waals surface area contributed by atoms with Crippen LogP contribution < -0.4 is 4.74 Å². The lowest BCUT2D eigenvalue weighted by Crippen LogP contribution is -2.02. The van der Waals surface area contributed by atoms with Crippen molar-refractivity contribution in [1.29, 1.82) is 0 Å². The number of nitro groups is 1. The second-order valence-electron chi connectivity index (χ2n) is 3.53. The second-order valence-corrected chi connectivity index (χ2v) is 3.53. The van der Waals surface area contributed by atoms with E-state index in [-0.39, 0.29) is 17.3 Å². The lowest BCUT2D eigenvalue weighted by atomic mass is 10.3. The number of aromatic nitrogens is 2. The first-order valence-corrected chi connectivity index (χ1v) is 5.16. The highest BCUT2D eigenvalue weighted by Crippen LogP contribution is 2.30. The van der Waals surface area contributed by atoms with E-state index in [0.717, 1.165) is 18.2 Å². The summed E-state index contributed by atoms with van der Waals surface area (Å²) in [6, 6.07) is 5.07. The van der Waals surface area contributed by atoms with E-state index in [9.17, 15) is 19.3 Å². The van der Waals surface area contributed by atoms with Gasteiger partial charge >= 0.3 is 11.7 Å². The molecule has 0 aliphatic heterocycles. The number of nitro benzene ring substituents is 1. The number of aromatic carboxylic acids is 1. The second kappa shape index (κ2) is 5.26. The molecule has 1 heterocycles. The molecule has 8 nitrogen and oxygen atoms in total. The maximum absolute atomic E-state index is 12.9. The Morgan fingerprint density at radius 1 is 1.30 bits per heavy atom. The smallest absolute Gasteiger partial charge is 0.356 e. The maximum atomic E-state index is 12.9. The van der Waals surface area contributed by atoms with Crippen LogP contribution in [0.25, 0.3) is 0 Å². The van der Waals surface area contributed by atoms with E-state index in [0.29, 0.717) is 6.07 Å². The monoisotopic (exact) mass is 279 g/mol. The van der Waals surface area contributed by atoms with Crippen LogP contribution in [-0.2, 0) is 0 Å². The van der Waals surface area contributed by atoms with Gasteiger partial charge in [-0.05, 0) is 18.2 Å². The van der Waals surface area contributed by atoms with E-state index >= 15 is 0 Å². The summed E-state index contributed by atoms with van der Waals surface area (Å²) >= 11 is 0. The van der Waals surface area contributed by atoms with Crippen molar-refractivity contribution in [3.63, 3.8) is 0 Å². The molecule has 0 bridgehead atoms. The Morgan fingerprint density at radius 3 is 2.60 bits per heavy atom. The lowest BCUT2D eigenvalue weighted by Gasteiger charge is -2.04. The summed E-state index contributed by atoms with van der Waals surface area (Å²) in [5.74, 6) is -2.42. The molecule has 0 atom stereocenters. The summed E-state index contributed by atoms with van der Waals surface area (Å²) in [7, 11) is 0. The minimum atomic E-state index is -1.27. The summed E-state index contributed by atoms with van der Waals surface area (Å²) in [5.41, 5.74) is -0.875. The average Bonchev–Trinajstić information content (AvgIpc) is 2.41. The third kappa shape index (κ3) is 2.83. The van der Waals surface area contributed by atoms with Crippen molar-refractivity contribution in [2.24, 2.45) is 0 Å². The van der Waals surface area contributed by atoms with Crippen LogP contribution in [0.4, 0.5) is 10.1 Å². The van der Waals surface area contributed by atoms with Crippen molar-refractivity contribution < 1.29 is 24.0 Å². The number of halogens is 1. The fraction of sp³-hybridized carbons (Fsp3) is 0. The fourth-order valence-corrected chi connectivity index (χ4v) is 1.32. The Labute approximate surface area is 110 Å². The predicted octanol–water partition coefficient (Wildman–Crippen LogP) is 2.01. The molecule has 0 unspecified atom stereocenters. The van der Waals surface area contributed by atoms with Crippen LogP contribution in [0.3, 0.4) is 0 Å². The molecule has 0 saturated carbocycles. The number of nitrogens with zero attached hydrogens (tertiary/aromatic N) is 3. The quantitative estimate of drug-likeness (QED) is 0.672. The van der Waals surface area contributed by atoms with Crippen molar-refractivity contribution in [2.45, 2.75) is 0 Å². The largest absolute Gasteiger partial charge is 0.476 e. The van der Waals surface area contributed by atoms with Gasteiger partial charge in [0.25, 0.3) is 0 Å². The number of carbonyl (C=O) groups is 1. The molecule has 0 fully saturated rings. The molecule has 2 rings (SSSR count). The molecule has 2 aromatic rings. The van der Waals surface area contributed by atoms with Crippen molar-refractivity contribution >= 4 is 11.7 Å². The molecule has 0 radical (unpaired) electrons. The zero-order valence-electron chi connectivity index (χ0n) is 9.69. The molecule has 0 amide bonds. The van der Waals surface area contributed by atoms with Crippen LogP contribution in [0.5, 0.6) is 11.6 Å². The van der Waals surface area contributed by atoms with E-state index in [1.54, 1.807) is 0 Å². The minimum absolute atomic E-state index is 0.148. The first-order chi connectivity index (χ1) is 9.47. The zero-order chi connectivity index (χ0) is 14.7. The van der Waals surface area contributed by atoms with Gasteiger partial charge in [0.15, 0.2) is 5.69 Å². The van der Waals surface area contributed by atoms with Gasteiger partial charge in [0.2, 0.25) is 11.6 Å². The predicted molar refractivity (Wildman–Crippen MR) is 62.1 cm³/mol. The van der Waals surface area contributed by atoms with Gasteiger partial charge in [0.05, 0.1) is 11.0 Å². The lowest BCUT2D eigenvalue weighted by molar-refractivity contribution is -0.385. The highest BCUT2D eigenvalue weighted by molar-refractivity contribution is 5.84. The third-order valence-electron chi connectivity index (χ3n) is 2.19. The Hall–Kier alpha value is -3.10. The summed E-state index contributed by atoms with van der Waals surface area (Å²) < 4.78 is 18.0. The molecule has 1 aromatic carbocycles. The van der Waals surface area contributed by atoms with Gasteiger partial charge in [0.1, 0.15) is 5.82 Å². The molecule has 0 spiro atoms. The summed E-state index contributed by atoms with van der Waals surface area (Å²) in [4.78, 5) is 20.5. The van der Waals surface area contributed by atoms with E-state index in [1.165, 1.54) is 6.07 Å². The molecule has 1 aromatic heterocycles. The van der Waals surface area contributed by atoms with E-state index in [1.807, 2.05) is 0 Å². The zero-order valence-corrected chi connectivity index (χ0v) is 9.69. The number of hydrogen-bond acceptors (Lipinski definition) is 6. The Morgan fingerprint density at radius 2 is 2.05 bits per heavy atom. The average molecular weight is 279 g/mol. The van der Waals surface area contributed by atoms with Crippen molar-refractivity contribution in [3.05, 3.63) is 52.0 Å². The number of carboxylic acids is 1. The van der Waals surface area contributed by atoms with E-state index in [4.69, 9.17) is 9.84 Å². The minimum Gasteiger partial charge on any atom is -0.476 e. The van der Waals surface area contributed by atoms with Crippen LogP contribution in [0.1, 0.15) is 10.5 Å².